The van der Waals surface area contributed by atoms with Crippen molar-refractivity contribution in [3.05, 3.63) is 0 Å². The van der Waals surface area contributed by atoms with Gasteiger partial charge in [-0.05, 0) is 33.7 Å². The van der Waals surface area contributed by atoms with E-state index in [1.807, 2.05) is 20.8 Å². The monoisotopic (exact) mass is 283 g/mol. The highest BCUT2D eigenvalue weighted by atomic mass is 35.5. The van der Waals surface area contributed by atoms with Crippen LogP contribution in [0.3, 0.4) is 0 Å². The molecule has 1 N–H and O–H groups in total. The Hall–Kier alpha value is 0.347. The Morgan fingerprint density at radius 2 is 1.47 bits per heavy atom. The highest BCUT2D eigenvalue weighted by Gasteiger charge is 2.39. The molecule has 0 aromatic rings. The molecule has 0 radical (unpaired) electrons. The number of halogens is 1. The molecule has 0 saturated carbocycles. The van der Waals surface area contributed by atoms with Crippen LogP contribution in [0.4, 0.5) is 0 Å². The summed E-state index contributed by atoms with van der Waals surface area (Å²) in [5.74, 6) is 0.644. The van der Waals surface area contributed by atoms with Gasteiger partial charge in [0.15, 0.2) is 0 Å². The second-order valence-corrected chi connectivity index (χ2v) is 6.63. The number of alkyl halides is 1. The Morgan fingerprint density at radius 3 is 1.88 bits per heavy atom. The predicted molar refractivity (Wildman–Crippen MR) is 73.6 cm³/mol. The number of nitrogens with one attached hydrogen (secondary N) is 1. The summed E-state index contributed by atoms with van der Waals surface area (Å²) < 4.78 is 17.3. The molecule has 0 aromatic carbocycles. The first kappa shape index (κ1) is 17.3. The summed E-state index contributed by atoms with van der Waals surface area (Å²) >= 11 is 5.59. The van der Waals surface area contributed by atoms with Crippen LogP contribution < -0.4 is 5.32 Å². The van der Waals surface area contributed by atoms with Gasteiger partial charge >= 0.3 is 8.80 Å². The fourth-order valence-corrected chi connectivity index (χ4v) is 4.37. The van der Waals surface area contributed by atoms with Crippen molar-refractivity contribution in [3.8, 4) is 0 Å². The highest BCUT2D eigenvalue weighted by Crippen LogP contribution is 2.17. The Bertz CT molecular complexity index is 158. The van der Waals surface area contributed by atoms with Gasteiger partial charge in [0.2, 0.25) is 0 Å². The molecule has 0 fully saturated rings. The van der Waals surface area contributed by atoms with Gasteiger partial charge in [-0.2, -0.15) is 0 Å². The van der Waals surface area contributed by atoms with Crippen molar-refractivity contribution in [3.63, 3.8) is 0 Å². The SMILES string of the molecule is CCO[Si](CCCNCCCl)(OCC)OCC. The molecule has 17 heavy (non-hydrogen) atoms. The first-order chi connectivity index (χ1) is 8.24. The number of hydrogen-bond donors (Lipinski definition) is 1. The van der Waals surface area contributed by atoms with Gasteiger partial charge in [0.05, 0.1) is 0 Å². The second kappa shape index (κ2) is 11.4. The number of hydrogen-bond acceptors (Lipinski definition) is 4. The van der Waals surface area contributed by atoms with Gasteiger partial charge in [-0.15, -0.1) is 11.6 Å². The zero-order valence-corrected chi connectivity index (χ0v) is 13.0. The Morgan fingerprint density at radius 1 is 0.941 bits per heavy atom. The second-order valence-electron chi connectivity index (χ2n) is 3.52. The third-order valence-electron chi connectivity index (χ3n) is 2.20. The van der Waals surface area contributed by atoms with Crippen LogP contribution in [0.15, 0.2) is 0 Å². The maximum Gasteiger partial charge on any atom is 0.500 e. The topological polar surface area (TPSA) is 39.7 Å². The number of rotatable bonds is 12. The molecule has 0 rings (SSSR count). The van der Waals surface area contributed by atoms with E-state index < -0.39 is 8.80 Å². The molecule has 4 nitrogen and oxygen atoms in total. The van der Waals surface area contributed by atoms with E-state index in [0.29, 0.717) is 25.7 Å². The van der Waals surface area contributed by atoms with Crippen molar-refractivity contribution in [2.45, 2.75) is 33.2 Å². The Kier molecular flexibility index (Phi) is 11.7. The predicted octanol–water partition coefficient (Wildman–Crippen LogP) is 2.25. The van der Waals surface area contributed by atoms with Gasteiger partial charge in [0.1, 0.15) is 0 Å². The van der Waals surface area contributed by atoms with Gasteiger partial charge in [-0.25, -0.2) is 0 Å². The van der Waals surface area contributed by atoms with Crippen LogP contribution in [0.1, 0.15) is 27.2 Å². The fraction of sp³-hybridized carbons (Fsp3) is 1.00. The van der Waals surface area contributed by atoms with Crippen molar-refractivity contribution < 1.29 is 13.3 Å². The van der Waals surface area contributed by atoms with E-state index in [1.165, 1.54) is 0 Å². The zero-order chi connectivity index (χ0) is 13.0. The minimum Gasteiger partial charge on any atom is -0.374 e. The summed E-state index contributed by atoms with van der Waals surface area (Å²) in [6, 6.07) is 0.859. The molecular weight excluding hydrogens is 258 g/mol. The largest absolute Gasteiger partial charge is 0.500 e. The molecule has 6 heteroatoms. The van der Waals surface area contributed by atoms with E-state index in [0.717, 1.165) is 25.6 Å². The standard InChI is InChI=1S/C11H26ClNO3Si/c1-4-14-17(15-5-2,16-6-3)11-7-9-13-10-8-12/h13H,4-11H2,1-3H3. The summed E-state index contributed by atoms with van der Waals surface area (Å²) in [7, 11) is -2.43. The first-order valence-electron chi connectivity index (χ1n) is 6.43. The Labute approximate surface area is 111 Å². The summed E-state index contributed by atoms with van der Waals surface area (Å²) in [6.45, 7) is 9.62. The van der Waals surface area contributed by atoms with E-state index in [9.17, 15) is 0 Å². The van der Waals surface area contributed by atoms with E-state index in [1.54, 1.807) is 0 Å². The third kappa shape index (κ3) is 8.13. The van der Waals surface area contributed by atoms with Crippen LogP contribution in [-0.4, -0.2) is 47.6 Å². The van der Waals surface area contributed by atoms with Crippen LogP contribution in [0.5, 0.6) is 0 Å². The minimum absolute atomic E-state index is 0.640. The molecule has 0 aliphatic rings. The molecule has 0 amide bonds. The van der Waals surface area contributed by atoms with Crippen LogP contribution in [-0.2, 0) is 13.3 Å². The normalized spacial score (nSPS) is 12.0. The summed E-state index contributed by atoms with van der Waals surface area (Å²) in [5.41, 5.74) is 0. The van der Waals surface area contributed by atoms with Gasteiger partial charge in [-0.1, -0.05) is 0 Å². The van der Waals surface area contributed by atoms with Gasteiger partial charge in [0, 0.05) is 38.3 Å². The maximum absolute atomic E-state index is 5.76. The van der Waals surface area contributed by atoms with Crippen molar-refractivity contribution in [1.82, 2.24) is 5.32 Å². The average Bonchev–Trinajstić information content (AvgIpc) is 2.30. The third-order valence-corrected chi connectivity index (χ3v) is 5.54. The summed E-state index contributed by atoms with van der Waals surface area (Å²) in [5, 5.41) is 3.26. The molecule has 0 atom stereocenters. The quantitative estimate of drug-likeness (QED) is 0.339. The smallest absolute Gasteiger partial charge is 0.374 e. The van der Waals surface area contributed by atoms with E-state index in [2.05, 4.69) is 5.32 Å². The molecule has 0 unspecified atom stereocenters. The lowest BCUT2D eigenvalue weighted by atomic mass is 10.5. The minimum atomic E-state index is -2.43. The Balaban J connectivity index is 4.05. The lowest BCUT2D eigenvalue weighted by molar-refractivity contribution is 0.0708. The van der Waals surface area contributed by atoms with Crippen LogP contribution in [0.2, 0.25) is 6.04 Å². The molecule has 0 saturated heterocycles. The maximum atomic E-state index is 5.76. The zero-order valence-electron chi connectivity index (χ0n) is 11.3. The molecular formula is C11H26ClNO3Si. The van der Waals surface area contributed by atoms with Crippen molar-refractivity contribution >= 4 is 20.4 Å². The molecule has 0 bridgehead atoms. The average molecular weight is 284 g/mol. The first-order valence-corrected chi connectivity index (χ1v) is 8.89. The summed E-state index contributed by atoms with van der Waals surface area (Å²) in [6.07, 6.45) is 0.989. The van der Waals surface area contributed by atoms with E-state index in [-0.39, 0.29) is 0 Å². The molecule has 0 spiro atoms. The summed E-state index contributed by atoms with van der Waals surface area (Å²) in [4.78, 5) is 0. The molecule has 0 aromatic heterocycles. The molecule has 0 aliphatic carbocycles. The van der Waals surface area contributed by atoms with E-state index in [4.69, 9.17) is 24.9 Å². The lowest BCUT2D eigenvalue weighted by Gasteiger charge is -2.28. The van der Waals surface area contributed by atoms with Crippen molar-refractivity contribution in [2.75, 3.05) is 38.8 Å². The van der Waals surface area contributed by atoms with Crippen LogP contribution in [0, 0.1) is 0 Å². The van der Waals surface area contributed by atoms with Gasteiger partial charge < -0.3 is 18.6 Å². The van der Waals surface area contributed by atoms with Crippen LogP contribution >= 0.6 is 11.6 Å². The lowest BCUT2D eigenvalue weighted by Crippen LogP contribution is -2.46. The van der Waals surface area contributed by atoms with E-state index >= 15 is 0 Å². The molecule has 104 valence electrons. The van der Waals surface area contributed by atoms with Crippen LogP contribution in [0.25, 0.3) is 0 Å². The van der Waals surface area contributed by atoms with Crippen molar-refractivity contribution in [1.29, 1.82) is 0 Å². The van der Waals surface area contributed by atoms with Gasteiger partial charge in [-0.3, -0.25) is 0 Å². The van der Waals surface area contributed by atoms with Crippen molar-refractivity contribution in [2.24, 2.45) is 0 Å². The molecule has 0 aliphatic heterocycles. The molecule has 0 heterocycles. The highest BCUT2D eigenvalue weighted by molar-refractivity contribution is 6.60. The van der Waals surface area contributed by atoms with Gasteiger partial charge in [0.25, 0.3) is 0 Å². The fourth-order valence-electron chi connectivity index (χ4n) is 1.62.